The van der Waals surface area contributed by atoms with Gasteiger partial charge in [0.1, 0.15) is 0 Å². The second-order valence-electron chi connectivity index (χ2n) is 4.19. The Hall–Kier alpha value is -0.870. The van der Waals surface area contributed by atoms with Gasteiger partial charge in [0.25, 0.3) is 0 Å². The van der Waals surface area contributed by atoms with Crippen LogP contribution < -0.4 is 0 Å². The average molecular weight is 210 g/mol. The Morgan fingerprint density at radius 2 is 2.33 bits per heavy atom. The number of hydrogen-bond donors (Lipinski definition) is 1. The summed E-state index contributed by atoms with van der Waals surface area (Å²) < 4.78 is 7.04. The van der Waals surface area contributed by atoms with Gasteiger partial charge < -0.3 is 9.84 Å². The molecule has 0 saturated carbocycles. The Morgan fingerprint density at radius 1 is 1.60 bits per heavy atom. The van der Waals surface area contributed by atoms with Crippen molar-refractivity contribution >= 4 is 0 Å². The second kappa shape index (κ2) is 4.77. The predicted molar refractivity (Wildman–Crippen MR) is 56.3 cm³/mol. The van der Waals surface area contributed by atoms with Crippen molar-refractivity contribution in [1.29, 1.82) is 0 Å². The number of nitrogens with zero attached hydrogens (tertiary/aromatic N) is 2. The monoisotopic (exact) mass is 210 g/mol. The lowest BCUT2D eigenvalue weighted by molar-refractivity contribution is 0.0419. The highest BCUT2D eigenvalue weighted by molar-refractivity contribution is 5.04. The van der Waals surface area contributed by atoms with E-state index in [9.17, 15) is 5.11 Å². The molecule has 0 radical (unpaired) electrons. The SMILES string of the molecule is Cn1nccc1C(O)CC1CCOCC1. The molecule has 1 atom stereocenters. The lowest BCUT2D eigenvalue weighted by atomic mass is 9.92. The minimum atomic E-state index is -0.388. The van der Waals surface area contributed by atoms with Crippen molar-refractivity contribution in [3.05, 3.63) is 18.0 Å². The second-order valence-corrected chi connectivity index (χ2v) is 4.19. The maximum Gasteiger partial charge on any atom is 0.0959 e. The summed E-state index contributed by atoms with van der Waals surface area (Å²) in [6.45, 7) is 1.67. The molecular formula is C11H18N2O2. The Bertz CT molecular complexity index is 305. The van der Waals surface area contributed by atoms with Crippen molar-refractivity contribution in [2.45, 2.75) is 25.4 Å². The minimum absolute atomic E-state index is 0.388. The summed E-state index contributed by atoms with van der Waals surface area (Å²) in [4.78, 5) is 0. The minimum Gasteiger partial charge on any atom is -0.387 e. The van der Waals surface area contributed by atoms with Gasteiger partial charge in [-0.3, -0.25) is 4.68 Å². The van der Waals surface area contributed by atoms with E-state index in [-0.39, 0.29) is 6.10 Å². The van der Waals surface area contributed by atoms with E-state index in [2.05, 4.69) is 5.10 Å². The molecule has 1 fully saturated rings. The molecule has 1 aromatic heterocycles. The molecule has 1 unspecified atom stereocenters. The van der Waals surface area contributed by atoms with Crippen molar-refractivity contribution in [3.8, 4) is 0 Å². The van der Waals surface area contributed by atoms with Crippen LogP contribution in [-0.2, 0) is 11.8 Å². The van der Waals surface area contributed by atoms with Crippen LogP contribution in [0.1, 0.15) is 31.1 Å². The van der Waals surface area contributed by atoms with Crippen molar-refractivity contribution in [2.75, 3.05) is 13.2 Å². The van der Waals surface area contributed by atoms with Gasteiger partial charge in [-0.25, -0.2) is 0 Å². The Balaban J connectivity index is 1.91. The van der Waals surface area contributed by atoms with Gasteiger partial charge in [-0.15, -0.1) is 0 Å². The van der Waals surface area contributed by atoms with E-state index in [0.717, 1.165) is 38.2 Å². The first-order chi connectivity index (χ1) is 7.27. The maximum atomic E-state index is 10.0. The summed E-state index contributed by atoms with van der Waals surface area (Å²) in [6, 6.07) is 1.88. The largest absolute Gasteiger partial charge is 0.387 e. The van der Waals surface area contributed by atoms with Crippen molar-refractivity contribution in [3.63, 3.8) is 0 Å². The van der Waals surface area contributed by atoms with E-state index < -0.39 is 0 Å². The molecule has 0 amide bonds. The van der Waals surface area contributed by atoms with Gasteiger partial charge in [0.05, 0.1) is 11.8 Å². The third-order valence-corrected chi connectivity index (χ3v) is 3.10. The lowest BCUT2D eigenvalue weighted by Crippen LogP contribution is -2.19. The molecule has 1 saturated heterocycles. The molecule has 0 aromatic carbocycles. The zero-order valence-corrected chi connectivity index (χ0v) is 9.09. The molecule has 2 heterocycles. The topological polar surface area (TPSA) is 47.3 Å². The van der Waals surface area contributed by atoms with Crippen LogP contribution in [0.2, 0.25) is 0 Å². The lowest BCUT2D eigenvalue weighted by Gasteiger charge is -2.24. The highest BCUT2D eigenvalue weighted by Crippen LogP contribution is 2.26. The fourth-order valence-electron chi connectivity index (χ4n) is 2.13. The molecule has 15 heavy (non-hydrogen) atoms. The zero-order valence-electron chi connectivity index (χ0n) is 9.09. The summed E-state index contributed by atoms with van der Waals surface area (Å²) in [5.41, 5.74) is 0.904. The smallest absolute Gasteiger partial charge is 0.0959 e. The average Bonchev–Trinajstić information content (AvgIpc) is 2.66. The zero-order chi connectivity index (χ0) is 10.7. The maximum absolute atomic E-state index is 10.0. The van der Waals surface area contributed by atoms with Crippen LogP contribution in [0.5, 0.6) is 0 Å². The number of hydrogen-bond acceptors (Lipinski definition) is 3. The van der Waals surface area contributed by atoms with E-state index in [1.165, 1.54) is 0 Å². The first-order valence-corrected chi connectivity index (χ1v) is 5.51. The van der Waals surface area contributed by atoms with Gasteiger partial charge >= 0.3 is 0 Å². The first-order valence-electron chi connectivity index (χ1n) is 5.51. The summed E-state index contributed by atoms with van der Waals surface area (Å²) in [5, 5.41) is 14.1. The third-order valence-electron chi connectivity index (χ3n) is 3.10. The third kappa shape index (κ3) is 2.58. The number of aliphatic hydroxyl groups is 1. The van der Waals surface area contributed by atoms with Crippen molar-refractivity contribution in [1.82, 2.24) is 9.78 Å². The Kier molecular flexibility index (Phi) is 3.38. The van der Waals surface area contributed by atoms with Crippen molar-refractivity contribution < 1.29 is 9.84 Å². The van der Waals surface area contributed by atoms with Gasteiger partial charge in [-0.05, 0) is 31.2 Å². The normalized spacial score (nSPS) is 20.4. The number of ether oxygens (including phenoxy) is 1. The number of aromatic nitrogens is 2. The highest BCUT2D eigenvalue weighted by atomic mass is 16.5. The van der Waals surface area contributed by atoms with E-state index in [0.29, 0.717) is 5.92 Å². The molecule has 1 aromatic rings. The summed E-state index contributed by atoms with van der Waals surface area (Å²) in [7, 11) is 1.86. The molecule has 2 rings (SSSR count). The van der Waals surface area contributed by atoms with Gasteiger partial charge in [-0.2, -0.15) is 5.10 Å². The molecule has 84 valence electrons. The van der Waals surface area contributed by atoms with E-state index in [1.807, 2.05) is 13.1 Å². The number of aryl methyl sites for hydroxylation is 1. The summed E-state index contributed by atoms with van der Waals surface area (Å²) >= 11 is 0. The van der Waals surface area contributed by atoms with Gasteiger partial charge in [0, 0.05) is 26.5 Å². The molecule has 0 bridgehead atoms. The van der Waals surface area contributed by atoms with Crippen molar-refractivity contribution in [2.24, 2.45) is 13.0 Å². The Morgan fingerprint density at radius 3 is 2.93 bits per heavy atom. The Labute approximate surface area is 89.9 Å². The standard InChI is InChI=1S/C11H18N2O2/c1-13-10(2-5-12-13)11(14)8-9-3-6-15-7-4-9/h2,5,9,11,14H,3-4,6-8H2,1H3. The van der Waals surface area contributed by atoms with Crippen LogP contribution in [0.4, 0.5) is 0 Å². The van der Waals surface area contributed by atoms with Crippen LogP contribution in [-0.4, -0.2) is 28.1 Å². The van der Waals surface area contributed by atoms with Crippen LogP contribution in [0.3, 0.4) is 0 Å². The number of rotatable bonds is 3. The van der Waals surface area contributed by atoms with Crippen LogP contribution in [0.15, 0.2) is 12.3 Å². The van der Waals surface area contributed by atoms with Crippen LogP contribution >= 0.6 is 0 Å². The predicted octanol–water partition coefficient (Wildman–Crippen LogP) is 1.27. The number of aliphatic hydroxyl groups excluding tert-OH is 1. The van der Waals surface area contributed by atoms with Crippen LogP contribution in [0, 0.1) is 5.92 Å². The molecule has 4 heteroatoms. The molecule has 1 aliphatic heterocycles. The highest BCUT2D eigenvalue weighted by Gasteiger charge is 2.20. The summed E-state index contributed by atoms with van der Waals surface area (Å²) in [6.07, 6.45) is 4.29. The quantitative estimate of drug-likeness (QED) is 0.817. The molecule has 1 N–H and O–H groups in total. The fraction of sp³-hybridized carbons (Fsp3) is 0.727. The molecule has 0 aliphatic carbocycles. The molecule has 1 aliphatic rings. The fourth-order valence-corrected chi connectivity index (χ4v) is 2.13. The van der Waals surface area contributed by atoms with E-state index in [1.54, 1.807) is 10.9 Å². The van der Waals surface area contributed by atoms with E-state index >= 15 is 0 Å². The molecule has 4 nitrogen and oxygen atoms in total. The summed E-state index contributed by atoms with van der Waals surface area (Å²) in [5.74, 6) is 0.587. The van der Waals surface area contributed by atoms with Gasteiger partial charge in [0.2, 0.25) is 0 Å². The van der Waals surface area contributed by atoms with Gasteiger partial charge in [-0.1, -0.05) is 0 Å². The van der Waals surface area contributed by atoms with E-state index in [4.69, 9.17) is 4.74 Å². The first kappa shape index (κ1) is 10.6. The molecule has 0 spiro atoms. The van der Waals surface area contributed by atoms with Gasteiger partial charge in [0.15, 0.2) is 0 Å². The molecular weight excluding hydrogens is 192 g/mol. The van der Waals surface area contributed by atoms with Crippen LogP contribution in [0.25, 0.3) is 0 Å².